The zero-order valence-corrected chi connectivity index (χ0v) is 14.5. The van der Waals surface area contributed by atoms with E-state index in [0.29, 0.717) is 17.8 Å². The SMILES string of the molecule is CC(=O)O[C@H](/C=C/C=C/[C@@H]1CCCC[C@@H]1CO)C1CCCCC1. The van der Waals surface area contributed by atoms with Gasteiger partial charge >= 0.3 is 5.97 Å². The third kappa shape index (κ3) is 6.14. The summed E-state index contributed by atoms with van der Waals surface area (Å²) >= 11 is 0. The third-order valence-corrected chi connectivity index (χ3v) is 5.39. The van der Waals surface area contributed by atoms with Gasteiger partial charge in [0.15, 0.2) is 0 Å². The summed E-state index contributed by atoms with van der Waals surface area (Å²) in [5, 5.41) is 9.47. The van der Waals surface area contributed by atoms with E-state index in [0.717, 1.165) is 19.3 Å². The summed E-state index contributed by atoms with van der Waals surface area (Å²) in [5.74, 6) is 1.18. The van der Waals surface area contributed by atoms with Gasteiger partial charge in [-0.1, -0.05) is 50.3 Å². The predicted octanol–water partition coefficient (Wildman–Crippen LogP) is 4.41. The molecule has 2 aliphatic rings. The molecule has 0 saturated heterocycles. The molecule has 0 amide bonds. The molecule has 0 unspecified atom stereocenters. The summed E-state index contributed by atoms with van der Waals surface area (Å²) in [5.41, 5.74) is 0. The molecule has 0 aromatic carbocycles. The Kier molecular flexibility index (Phi) is 7.87. The molecule has 0 aromatic heterocycles. The molecule has 23 heavy (non-hydrogen) atoms. The molecule has 2 fully saturated rings. The topological polar surface area (TPSA) is 46.5 Å². The molecule has 0 aromatic rings. The number of aliphatic hydroxyl groups excluding tert-OH is 1. The van der Waals surface area contributed by atoms with Crippen molar-refractivity contribution in [1.29, 1.82) is 0 Å². The summed E-state index contributed by atoms with van der Waals surface area (Å²) in [6.45, 7) is 1.78. The molecular formula is C20H32O3. The van der Waals surface area contributed by atoms with Gasteiger partial charge in [-0.25, -0.2) is 0 Å². The van der Waals surface area contributed by atoms with Crippen molar-refractivity contribution < 1.29 is 14.6 Å². The molecule has 0 aliphatic heterocycles. The number of ether oxygens (including phenoxy) is 1. The first-order valence-electron chi connectivity index (χ1n) is 9.33. The Morgan fingerprint density at radius 1 is 1.09 bits per heavy atom. The molecule has 1 N–H and O–H groups in total. The lowest BCUT2D eigenvalue weighted by Crippen LogP contribution is -2.26. The van der Waals surface area contributed by atoms with Crippen LogP contribution in [-0.2, 0) is 9.53 Å². The normalized spacial score (nSPS) is 28.3. The number of aliphatic hydroxyl groups is 1. The Bertz CT molecular complexity index is 407. The summed E-state index contributed by atoms with van der Waals surface area (Å²) in [7, 11) is 0. The second-order valence-electron chi connectivity index (χ2n) is 7.13. The fourth-order valence-corrected chi connectivity index (χ4v) is 4.04. The molecule has 2 rings (SSSR count). The molecule has 3 nitrogen and oxygen atoms in total. The Morgan fingerprint density at radius 3 is 2.48 bits per heavy atom. The molecule has 0 spiro atoms. The molecule has 2 aliphatic carbocycles. The van der Waals surface area contributed by atoms with Gasteiger partial charge in [0, 0.05) is 13.5 Å². The van der Waals surface area contributed by atoms with E-state index < -0.39 is 0 Å². The van der Waals surface area contributed by atoms with Crippen LogP contribution in [0.15, 0.2) is 24.3 Å². The predicted molar refractivity (Wildman–Crippen MR) is 92.9 cm³/mol. The van der Waals surface area contributed by atoms with Crippen molar-refractivity contribution in [3.63, 3.8) is 0 Å². The van der Waals surface area contributed by atoms with Gasteiger partial charge in [-0.3, -0.25) is 4.79 Å². The van der Waals surface area contributed by atoms with E-state index in [4.69, 9.17) is 4.74 Å². The molecule has 3 atom stereocenters. The average molecular weight is 320 g/mol. The van der Waals surface area contributed by atoms with Crippen LogP contribution in [-0.4, -0.2) is 23.8 Å². The van der Waals surface area contributed by atoms with Crippen LogP contribution in [0.3, 0.4) is 0 Å². The van der Waals surface area contributed by atoms with Gasteiger partial charge in [0.1, 0.15) is 6.10 Å². The highest BCUT2D eigenvalue weighted by molar-refractivity contribution is 5.66. The van der Waals surface area contributed by atoms with Crippen LogP contribution in [0, 0.1) is 17.8 Å². The van der Waals surface area contributed by atoms with Crippen molar-refractivity contribution in [2.75, 3.05) is 6.61 Å². The first kappa shape index (κ1) is 18.3. The highest BCUT2D eigenvalue weighted by atomic mass is 16.5. The maximum absolute atomic E-state index is 11.4. The van der Waals surface area contributed by atoms with E-state index in [9.17, 15) is 9.90 Å². The Balaban J connectivity index is 1.90. The van der Waals surface area contributed by atoms with Crippen molar-refractivity contribution in [2.45, 2.75) is 70.8 Å². The zero-order chi connectivity index (χ0) is 16.5. The van der Waals surface area contributed by atoms with Crippen LogP contribution < -0.4 is 0 Å². The number of esters is 1. The lowest BCUT2D eigenvalue weighted by atomic mass is 9.79. The molecular weight excluding hydrogens is 288 g/mol. The average Bonchev–Trinajstić information content (AvgIpc) is 2.58. The summed E-state index contributed by atoms with van der Waals surface area (Å²) < 4.78 is 5.52. The fraction of sp³-hybridized carbons (Fsp3) is 0.750. The minimum atomic E-state index is -0.193. The van der Waals surface area contributed by atoms with E-state index in [-0.39, 0.29) is 18.7 Å². The van der Waals surface area contributed by atoms with Gasteiger partial charge in [-0.2, -0.15) is 0 Å². The molecule has 0 radical (unpaired) electrons. The van der Waals surface area contributed by atoms with Crippen LogP contribution in [0.1, 0.15) is 64.7 Å². The van der Waals surface area contributed by atoms with Gasteiger partial charge in [0.05, 0.1) is 0 Å². The second-order valence-corrected chi connectivity index (χ2v) is 7.13. The number of allylic oxidation sites excluding steroid dienone is 3. The first-order valence-corrected chi connectivity index (χ1v) is 9.33. The number of hydrogen-bond acceptors (Lipinski definition) is 3. The van der Waals surface area contributed by atoms with Crippen molar-refractivity contribution in [3.8, 4) is 0 Å². The van der Waals surface area contributed by atoms with Crippen LogP contribution in [0.2, 0.25) is 0 Å². The highest BCUT2D eigenvalue weighted by Crippen LogP contribution is 2.31. The van der Waals surface area contributed by atoms with E-state index >= 15 is 0 Å². The van der Waals surface area contributed by atoms with Gasteiger partial charge in [0.25, 0.3) is 0 Å². The first-order chi connectivity index (χ1) is 11.2. The molecule has 2 saturated carbocycles. The van der Waals surface area contributed by atoms with E-state index in [2.05, 4.69) is 12.2 Å². The van der Waals surface area contributed by atoms with Gasteiger partial charge in [-0.05, 0) is 49.5 Å². The Hall–Kier alpha value is -1.09. The van der Waals surface area contributed by atoms with Gasteiger partial charge < -0.3 is 9.84 Å². The Labute approximate surface area is 140 Å². The minimum Gasteiger partial charge on any atom is -0.458 e. The maximum atomic E-state index is 11.4. The molecule has 0 heterocycles. The van der Waals surface area contributed by atoms with Crippen LogP contribution in [0.4, 0.5) is 0 Å². The van der Waals surface area contributed by atoms with Crippen molar-refractivity contribution in [3.05, 3.63) is 24.3 Å². The second kappa shape index (κ2) is 9.92. The number of carbonyl (C=O) groups excluding carboxylic acids is 1. The zero-order valence-electron chi connectivity index (χ0n) is 14.5. The van der Waals surface area contributed by atoms with E-state index in [1.165, 1.54) is 45.4 Å². The minimum absolute atomic E-state index is 0.0857. The van der Waals surface area contributed by atoms with Gasteiger partial charge in [-0.15, -0.1) is 0 Å². The van der Waals surface area contributed by atoms with Crippen LogP contribution in [0.5, 0.6) is 0 Å². The highest BCUT2D eigenvalue weighted by Gasteiger charge is 2.24. The molecule has 0 bridgehead atoms. The smallest absolute Gasteiger partial charge is 0.303 e. The summed E-state index contributed by atoms with van der Waals surface area (Å²) in [4.78, 5) is 11.4. The third-order valence-electron chi connectivity index (χ3n) is 5.39. The van der Waals surface area contributed by atoms with Gasteiger partial charge in [0.2, 0.25) is 0 Å². The monoisotopic (exact) mass is 320 g/mol. The van der Waals surface area contributed by atoms with Crippen LogP contribution >= 0.6 is 0 Å². The van der Waals surface area contributed by atoms with Crippen LogP contribution in [0.25, 0.3) is 0 Å². The number of hydrogen-bond donors (Lipinski definition) is 1. The Morgan fingerprint density at radius 2 is 1.78 bits per heavy atom. The summed E-state index contributed by atoms with van der Waals surface area (Å²) in [6.07, 6.45) is 19.2. The largest absolute Gasteiger partial charge is 0.458 e. The van der Waals surface area contributed by atoms with Crippen molar-refractivity contribution in [2.24, 2.45) is 17.8 Å². The maximum Gasteiger partial charge on any atom is 0.303 e. The molecule has 130 valence electrons. The molecule has 3 heteroatoms. The lowest BCUT2D eigenvalue weighted by molar-refractivity contribution is -0.146. The quantitative estimate of drug-likeness (QED) is 0.582. The number of rotatable bonds is 6. The number of carbonyl (C=O) groups is 1. The standard InChI is InChI=1S/C20H32O3/c1-16(22)23-20(18-11-3-2-4-12-18)14-8-7-10-17-9-5-6-13-19(17)15-21/h7-8,10,14,17-21H,2-6,9,11-13,15H2,1H3/b10-7+,14-8+/t17-,19+,20+/m0/s1. The van der Waals surface area contributed by atoms with Crippen molar-refractivity contribution in [1.82, 2.24) is 0 Å². The van der Waals surface area contributed by atoms with E-state index in [1.54, 1.807) is 0 Å². The lowest BCUT2D eigenvalue weighted by Gasteiger charge is -2.28. The van der Waals surface area contributed by atoms with Crippen molar-refractivity contribution >= 4 is 5.97 Å². The van der Waals surface area contributed by atoms with E-state index in [1.807, 2.05) is 12.2 Å². The summed E-state index contributed by atoms with van der Waals surface area (Å²) in [6, 6.07) is 0. The fourth-order valence-electron chi connectivity index (χ4n) is 4.04.